The van der Waals surface area contributed by atoms with E-state index in [4.69, 9.17) is 0 Å². The van der Waals surface area contributed by atoms with Crippen LogP contribution >= 0.6 is 11.8 Å². The zero-order chi connectivity index (χ0) is 10.4. The van der Waals surface area contributed by atoms with Gasteiger partial charge in [-0.15, -0.1) is 0 Å². The van der Waals surface area contributed by atoms with Crippen LogP contribution in [0.4, 0.5) is 0 Å². The van der Waals surface area contributed by atoms with Crippen LogP contribution in [0.25, 0.3) is 0 Å². The molecule has 0 aliphatic carbocycles. The number of hydrogen-bond donors (Lipinski definition) is 1. The maximum absolute atomic E-state index is 3.47. The number of rotatable bonds is 5. The highest BCUT2D eigenvalue weighted by atomic mass is 32.2. The molecule has 14 heavy (non-hydrogen) atoms. The molecule has 0 saturated heterocycles. The molecule has 0 heterocycles. The first kappa shape index (κ1) is 11.6. The van der Waals surface area contributed by atoms with Gasteiger partial charge in [0.2, 0.25) is 0 Å². The van der Waals surface area contributed by atoms with Crippen molar-refractivity contribution >= 4 is 11.8 Å². The van der Waals surface area contributed by atoms with Gasteiger partial charge in [0, 0.05) is 17.8 Å². The van der Waals surface area contributed by atoms with E-state index in [1.807, 2.05) is 11.8 Å². The Labute approximate surface area is 91.3 Å². The molecule has 0 amide bonds. The van der Waals surface area contributed by atoms with Crippen LogP contribution in [-0.4, -0.2) is 17.5 Å². The third-order valence-corrected chi connectivity index (χ3v) is 3.52. The molecular weight excluding hydrogens is 190 g/mol. The largest absolute Gasteiger partial charge is 0.311 e. The van der Waals surface area contributed by atoms with Gasteiger partial charge in [-0.3, -0.25) is 0 Å². The molecule has 0 aliphatic rings. The second-order valence-electron chi connectivity index (χ2n) is 4.05. The summed E-state index contributed by atoms with van der Waals surface area (Å²) in [5, 5.41) is 3.47. The lowest BCUT2D eigenvalue weighted by Gasteiger charge is -2.22. The number of hydrogen-bond acceptors (Lipinski definition) is 2. The summed E-state index contributed by atoms with van der Waals surface area (Å²) in [6, 6.07) is 10.5. The van der Waals surface area contributed by atoms with Gasteiger partial charge in [0.1, 0.15) is 0 Å². The first-order chi connectivity index (χ1) is 6.64. The number of benzene rings is 1. The van der Waals surface area contributed by atoms with Gasteiger partial charge < -0.3 is 5.32 Å². The minimum Gasteiger partial charge on any atom is -0.311 e. The van der Waals surface area contributed by atoms with Crippen molar-refractivity contribution < 1.29 is 0 Å². The van der Waals surface area contributed by atoms with Gasteiger partial charge in [0.25, 0.3) is 0 Å². The fourth-order valence-electron chi connectivity index (χ4n) is 1.18. The van der Waals surface area contributed by atoms with E-state index >= 15 is 0 Å². The molecule has 78 valence electrons. The van der Waals surface area contributed by atoms with Gasteiger partial charge in [-0.05, 0) is 25.7 Å². The zero-order valence-electron chi connectivity index (χ0n) is 9.21. The van der Waals surface area contributed by atoms with E-state index in [0.717, 1.165) is 13.1 Å². The maximum Gasteiger partial charge on any atom is 0.0225 e. The second kappa shape index (κ2) is 5.42. The summed E-state index contributed by atoms with van der Waals surface area (Å²) in [6.45, 7) is 6.53. The molecule has 0 bridgehead atoms. The molecule has 0 saturated carbocycles. The lowest BCUT2D eigenvalue weighted by atomic mass is 10.2. The smallest absolute Gasteiger partial charge is 0.0225 e. The Morgan fingerprint density at radius 1 is 1.21 bits per heavy atom. The quantitative estimate of drug-likeness (QED) is 0.800. The minimum absolute atomic E-state index is 0.328. The Morgan fingerprint density at radius 2 is 1.86 bits per heavy atom. The molecule has 0 fully saturated rings. The standard InChI is InChI=1S/C12H19NS/c1-12(2,14-3)10-13-9-11-7-5-4-6-8-11/h4-8,13H,9-10H2,1-3H3. The van der Waals surface area contributed by atoms with Gasteiger partial charge in [0.05, 0.1) is 0 Å². The Balaban J connectivity index is 2.29. The van der Waals surface area contributed by atoms with Crippen molar-refractivity contribution in [2.24, 2.45) is 0 Å². The van der Waals surface area contributed by atoms with Crippen molar-refractivity contribution in [1.82, 2.24) is 5.32 Å². The number of nitrogens with one attached hydrogen (secondary N) is 1. The minimum atomic E-state index is 0.328. The first-order valence-corrected chi connectivity index (χ1v) is 6.16. The van der Waals surface area contributed by atoms with Crippen LogP contribution in [0.3, 0.4) is 0 Å². The first-order valence-electron chi connectivity index (χ1n) is 4.94. The Hall–Kier alpha value is -0.470. The SMILES string of the molecule is CSC(C)(C)CNCc1ccccc1. The van der Waals surface area contributed by atoms with Gasteiger partial charge in [-0.1, -0.05) is 30.3 Å². The van der Waals surface area contributed by atoms with Crippen LogP contribution in [0.5, 0.6) is 0 Å². The lowest BCUT2D eigenvalue weighted by Crippen LogP contribution is -2.31. The maximum atomic E-state index is 3.47. The molecule has 0 atom stereocenters. The van der Waals surface area contributed by atoms with Crippen molar-refractivity contribution in [2.45, 2.75) is 25.1 Å². The van der Waals surface area contributed by atoms with Crippen LogP contribution in [-0.2, 0) is 6.54 Å². The molecule has 1 aromatic carbocycles. The molecule has 0 aromatic heterocycles. The molecular formula is C12H19NS. The fourth-order valence-corrected chi connectivity index (χ4v) is 1.42. The van der Waals surface area contributed by atoms with Gasteiger partial charge in [-0.2, -0.15) is 11.8 Å². The average Bonchev–Trinajstić information content (AvgIpc) is 2.19. The Bertz CT molecular complexity index is 256. The predicted molar refractivity (Wildman–Crippen MR) is 65.7 cm³/mol. The Kier molecular flexibility index (Phi) is 4.49. The van der Waals surface area contributed by atoms with Crippen LogP contribution in [0.15, 0.2) is 30.3 Å². The summed E-state index contributed by atoms with van der Waals surface area (Å²) in [4.78, 5) is 0. The predicted octanol–water partition coefficient (Wildman–Crippen LogP) is 2.92. The summed E-state index contributed by atoms with van der Waals surface area (Å²) in [5.41, 5.74) is 1.35. The monoisotopic (exact) mass is 209 g/mol. The van der Waals surface area contributed by atoms with Crippen LogP contribution < -0.4 is 5.32 Å². The van der Waals surface area contributed by atoms with E-state index in [2.05, 4.69) is 55.8 Å². The summed E-state index contributed by atoms with van der Waals surface area (Å²) in [5.74, 6) is 0. The molecule has 1 aromatic rings. The zero-order valence-corrected chi connectivity index (χ0v) is 10.0. The number of thioether (sulfide) groups is 1. The van der Waals surface area contributed by atoms with Crippen molar-refractivity contribution in [3.8, 4) is 0 Å². The summed E-state index contributed by atoms with van der Waals surface area (Å²) in [7, 11) is 0. The highest BCUT2D eigenvalue weighted by Crippen LogP contribution is 2.19. The Morgan fingerprint density at radius 3 is 2.43 bits per heavy atom. The molecule has 0 unspecified atom stereocenters. The summed E-state index contributed by atoms with van der Waals surface area (Å²) in [6.07, 6.45) is 2.16. The van der Waals surface area contributed by atoms with E-state index in [9.17, 15) is 0 Å². The van der Waals surface area contributed by atoms with Crippen molar-refractivity contribution in [1.29, 1.82) is 0 Å². The van der Waals surface area contributed by atoms with E-state index < -0.39 is 0 Å². The molecule has 0 aliphatic heterocycles. The normalized spacial score (nSPS) is 11.6. The van der Waals surface area contributed by atoms with Gasteiger partial charge in [-0.25, -0.2) is 0 Å². The lowest BCUT2D eigenvalue weighted by molar-refractivity contribution is 0.591. The average molecular weight is 209 g/mol. The highest BCUT2D eigenvalue weighted by molar-refractivity contribution is 7.99. The van der Waals surface area contributed by atoms with Crippen LogP contribution in [0.1, 0.15) is 19.4 Å². The van der Waals surface area contributed by atoms with E-state index in [0.29, 0.717) is 4.75 Å². The van der Waals surface area contributed by atoms with Crippen LogP contribution in [0.2, 0.25) is 0 Å². The van der Waals surface area contributed by atoms with Gasteiger partial charge >= 0.3 is 0 Å². The molecule has 0 spiro atoms. The molecule has 1 nitrogen and oxygen atoms in total. The third kappa shape index (κ3) is 4.16. The molecule has 1 N–H and O–H groups in total. The van der Waals surface area contributed by atoms with Crippen LogP contribution in [0, 0.1) is 0 Å². The summed E-state index contributed by atoms with van der Waals surface area (Å²) >= 11 is 1.90. The van der Waals surface area contributed by atoms with E-state index in [1.165, 1.54) is 5.56 Å². The van der Waals surface area contributed by atoms with Crippen molar-refractivity contribution in [3.63, 3.8) is 0 Å². The molecule has 0 radical (unpaired) electrons. The van der Waals surface area contributed by atoms with Gasteiger partial charge in [0.15, 0.2) is 0 Å². The molecule has 2 heteroatoms. The fraction of sp³-hybridized carbons (Fsp3) is 0.500. The summed E-state index contributed by atoms with van der Waals surface area (Å²) < 4.78 is 0.328. The van der Waals surface area contributed by atoms with Crippen molar-refractivity contribution in [2.75, 3.05) is 12.8 Å². The van der Waals surface area contributed by atoms with E-state index in [-0.39, 0.29) is 0 Å². The second-order valence-corrected chi connectivity index (χ2v) is 5.57. The van der Waals surface area contributed by atoms with E-state index in [1.54, 1.807) is 0 Å². The highest BCUT2D eigenvalue weighted by Gasteiger charge is 2.14. The third-order valence-electron chi connectivity index (χ3n) is 2.28. The topological polar surface area (TPSA) is 12.0 Å². The molecule has 1 rings (SSSR count). The van der Waals surface area contributed by atoms with Crippen molar-refractivity contribution in [3.05, 3.63) is 35.9 Å².